The Bertz CT molecular complexity index is 377. The Morgan fingerprint density at radius 1 is 1.33 bits per heavy atom. The molecular weight excluding hydrogens is 244 g/mol. The van der Waals surface area contributed by atoms with Gasteiger partial charge in [-0.1, -0.05) is 30.3 Å². The van der Waals surface area contributed by atoms with Crippen molar-refractivity contribution in [2.45, 2.75) is 19.5 Å². The van der Waals surface area contributed by atoms with E-state index in [-0.39, 0.29) is 11.9 Å². The van der Waals surface area contributed by atoms with E-state index in [4.69, 9.17) is 0 Å². The van der Waals surface area contributed by atoms with Crippen LogP contribution in [0.3, 0.4) is 0 Å². The van der Waals surface area contributed by atoms with Gasteiger partial charge in [0.05, 0.1) is 6.04 Å². The minimum absolute atomic E-state index is 0.103. The standard InChI is InChI=1S/C14H20N2OS/c1-12(14(17)16-7-9-18-10-8-16)15-11-13-5-3-2-4-6-13/h2-6,12,15H,7-11H2,1H3/t12-/m0/s1. The molecule has 1 aliphatic rings. The van der Waals surface area contributed by atoms with Crippen LogP contribution in [0, 0.1) is 0 Å². The van der Waals surface area contributed by atoms with Gasteiger partial charge in [-0.25, -0.2) is 0 Å². The van der Waals surface area contributed by atoms with Gasteiger partial charge in [0, 0.05) is 31.1 Å². The van der Waals surface area contributed by atoms with E-state index < -0.39 is 0 Å². The van der Waals surface area contributed by atoms with Gasteiger partial charge in [0.25, 0.3) is 0 Å². The Hall–Kier alpha value is -1.00. The Morgan fingerprint density at radius 2 is 2.00 bits per heavy atom. The molecule has 2 rings (SSSR count). The number of hydrogen-bond donors (Lipinski definition) is 1. The fourth-order valence-electron chi connectivity index (χ4n) is 2.01. The van der Waals surface area contributed by atoms with Gasteiger partial charge in [-0.15, -0.1) is 0 Å². The topological polar surface area (TPSA) is 32.3 Å². The summed E-state index contributed by atoms with van der Waals surface area (Å²) in [4.78, 5) is 14.1. The first kappa shape index (κ1) is 13.4. The molecule has 0 unspecified atom stereocenters. The number of hydrogen-bond acceptors (Lipinski definition) is 3. The average Bonchev–Trinajstić information content (AvgIpc) is 2.46. The molecule has 1 saturated heterocycles. The van der Waals surface area contributed by atoms with Crippen molar-refractivity contribution in [3.63, 3.8) is 0 Å². The van der Waals surface area contributed by atoms with E-state index in [2.05, 4.69) is 17.4 Å². The minimum Gasteiger partial charge on any atom is -0.340 e. The van der Waals surface area contributed by atoms with E-state index in [0.717, 1.165) is 31.1 Å². The fourth-order valence-corrected chi connectivity index (χ4v) is 2.91. The molecule has 1 aromatic rings. The lowest BCUT2D eigenvalue weighted by molar-refractivity contribution is -0.132. The van der Waals surface area contributed by atoms with Gasteiger partial charge in [0.2, 0.25) is 5.91 Å². The van der Waals surface area contributed by atoms with Crippen molar-refractivity contribution in [1.82, 2.24) is 10.2 Å². The normalized spacial score (nSPS) is 17.5. The Labute approximate surface area is 113 Å². The number of amides is 1. The highest BCUT2D eigenvalue weighted by molar-refractivity contribution is 7.99. The van der Waals surface area contributed by atoms with Gasteiger partial charge in [0.1, 0.15) is 0 Å². The van der Waals surface area contributed by atoms with E-state index in [0.29, 0.717) is 0 Å². The van der Waals surface area contributed by atoms with Crippen molar-refractivity contribution in [2.24, 2.45) is 0 Å². The molecule has 0 aliphatic carbocycles. The quantitative estimate of drug-likeness (QED) is 0.899. The zero-order valence-corrected chi connectivity index (χ0v) is 11.6. The molecule has 0 radical (unpaired) electrons. The maximum atomic E-state index is 12.2. The van der Waals surface area contributed by atoms with Gasteiger partial charge < -0.3 is 10.2 Å². The van der Waals surface area contributed by atoms with Crippen LogP contribution in [0.2, 0.25) is 0 Å². The number of nitrogens with one attached hydrogen (secondary N) is 1. The van der Waals surface area contributed by atoms with E-state index in [1.54, 1.807) is 0 Å². The lowest BCUT2D eigenvalue weighted by Gasteiger charge is -2.29. The first-order valence-electron chi connectivity index (χ1n) is 6.41. The molecule has 1 fully saturated rings. The maximum absolute atomic E-state index is 12.2. The molecule has 1 aromatic carbocycles. The van der Waals surface area contributed by atoms with Crippen LogP contribution in [-0.2, 0) is 11.3 Å². The SMILES string of the molecule is C[C@H](NCc1ccccc1)C(=O)N1CCSCC1. The molecule has 98 valence electrons. The summed E-state index contributed by atoms with van der Waals surface area (Å²) >= 11 is 1.92. The second-order valence-electron chi connectivity index (χ2n) is 4.53. The number of rotatable bonds is 4. The Morgan fingerprint density at radius 3 is 2.67 bits per heavy atom. The smallest absolute Gasteiger partial charge is 0.239 e. The molecule has 0 saturated carbocycles. The van der Waals surface area contributed by atoms with E-state index in [9.17, 15) is 4.79 Å². The fraction of sp³-hybridized carbons (Fsp3) is 0.500. The first-order chi connectivity index (χ1) is 8.77. The van der Waals surface area contributed by atoms with Crippen molar-refractivity contribution in [2.75, 3.05) is 24.6 Å². The molecule has 1 heterocycles. The summed E-state index contributed by atoms with van der Waals surface area (Å²) in [7, 11) is 0. The van der Waals surface area contributed by atoms with Gasteiger partial charge in [0.15, 0.2) is 0 Å². The highest BCUT2D eigenvalue weighted by Crippen LogP contribution is 2.10. The number of benzene rings is 1. The second kappa shape index (κ2) is 6.81. The van der Waals surface area contributed by atoms with Crippen LogP contribution in [0.4, 0.5) is 0 Å². The largest absolute Gasteiger partial charge is 0.340 e. The Balaban J connectivity index is 1.80. The zero-order chi connectivity index (χ0) is 12.8. The van der Waals surface area contributed by atoms with Crippen LogP contribution >= 0.6 is 11.8 Å². The number of carbonyl (C=O) groups excluding carboxylic acids is 1. The van der Waals surface area contributed by atoms with Crippen LogP contribution in [0.25, 0.3) is 0 Å². The molecular formula is C14H20N2OS. The van der Waals surface area contributed by atoms with Gasteiger partial charge >= 0.3 is 0 Å². The minimum atomic E-state index is -0.103. The number of carbonyl (C=O) groups is 1. The van der Waals surface area contributed by atoms with Crippen LogP contribution in [0.5, 0.6) is 0 Å². The van der Waals surface area contributed by atoms with Gasteiger partial charge in [-0.2, -0.15) is 11.8 Å². The van der Waals surface area contributed by atoms with Crippen LogP contribution < -0.4 is 5.32 Å². The van der Waals surface area contributed by atoms with Crippen molar-refractivity contribution >= 4 is 17.7 Å². The number of thioether (sulfide) groups is 1. The van der Waals surface area contributed by atoms with Crippen molar-refractivity contribution in [3.8, 4) is 0 Å². The molecule has 1 aliphatic heterocycles. The maximum Gasteiger partial charge on any atom is 0.239 e. The predicted octanol–water partition coefficient (Wildman–Crippen LogP) is 1.74. The highest BCUT2D eigenvalue weighted by atomic mass is 32.2. The summed E-state index contributed by atoms with van der Waals surface area (Å²) in [5.74, 6) is 2.36. The second-order valence-corrected chi connectivity index (χ2v) is 5.75. The summed E-state index contributed by atoms with van der Waals surface area (Å²) < 4.78 is 0. The highest BCUT2D eigenvalue weighted by Gasteiger charge is 2.21. The molecule has 1 N–H and O–H groups in total. The van der Waals surface area contributed by atoms with Crippen LogP contribution in [0.15, 0.2) is 30.3 Å². The molecule has 3 nitrogen and oxygen atoms in total. The van der Waals surface area contributed by atoms with Crippen LogP contribution in [0.1, 0.15) is 12.5 Å². The van der Waals surface area contributed by atoms with Crippen molar-refractivity contribution in [1.29, 1.82) is 0 Å². The predicted molar refractivity (Wildman–Crippen MR) is 76.6 cm³/mol. The Kier molecular flexibility index (Phi) is 5.08. The van der Waals surface area contributed by atoms with Crippen molar-refractivity contribution < 1.29 is 4.79 Å². The third-order valence-electron chi connectivity index (χ3n) is 3.15. The van der Waals surface area contributed by atoms with E-state index >= 15 is 0 Å². The van der Waals surface area contributed by atoms with Gasteiger partial charge in [-0.05, 0) is 12.5 Å². The third-order valence-corrected chi connectivity index (χ3v) is 4.09. The summed E-state index contributed by atoms with van der Waals surface area (Å²) in [6, 6.07) is 10.1. The van der Waals surface area contributed by atoms with E-state index in [1.165, 1.54) is 5.56 Å². The molecule has 18 heavy (non-hydrogen) atoms. The molecule has 1 atom stereocenters. The average molecular weight is 264 g/mol. The van der Waals surface area contributed by atoms with Crippen molar-refractivity contribution in [3.05, 3.63) is 35.9 Å². The zero-order valence-electron chi connectivity index (χ0n) is 10.8. The van der Waals surface area contributed by atoms with Crippen LogP contribution in [-0.4, -0.2) is 41.4 Å². The van der Waals surface area contributed by atoms with E-state index in [1.807, 2.05) is 41.8 Å². The summed E-state index contributed by atoms with van der Waals surface area (Å²) in [5.41, 5.74) is 1.21. The lowest BCUT2D eigenvalue weighted by Crippen LogP contribution is -2.47. The third kappa shape index (κ3) is 3.75. The summed E-state index contributed by atoms with van der Waals surface area (Å²) in [6.45, 7) is 4.48. The lowest BCUT2D eigenvalue weighted by atomic mass is 10.2. The first-order valence-corrected chi connectivity index (χ1v) is 7.56. The summed E-state index contributed by atoms with van der Waals surface area (Å²) in [6.07, 6.45) is 0. The monoisotopic (exact) mass is 264 g/mol. The van der Waals surface area contributed by atoms with Gasteiger partial charge in [-0.3, -0.25) is 4.79 Å². The molecule has 0 spiro atoms. The molecule has 0 bridgehead atoms. The molecule has 4 heteroatoms. The summed E-state index contributed by atoms with van der Waals surface area (Å²) in [5, 5.41) is 3.30. The molecule has 0 aromatic heterocycles. The molecule has 1 amide bonds. The number of nitrogens with zero attached hydrogens (tertiary/aromatic N) is 1.